The lowest BCUT2D eigenvalue weighted by molar-refractivity contribution is -0.137. The topological polar surface area (TPSA) is 129 Å². The number of carbonyl (C=O) groups is 2. The van der Waals surface area contributed by atoms with Gasteiger partial charge in [-0.1, -0.05) is 26.8 Å². The van der Waals surface area contributed by atoms with E-state index < -0.39 is 17.6 Å². The van der Waals surface area contributed by atoms with E-state index in [1.54, 1.807) is 54.7 Å². The summed E-state index contributed by atoms with van der Waals surface area (Å²) in [7, 11) is 0. The average molecular weight is 617 g/mol. The van der Waals surface area contributed by atoms with Gasteiger partial charge in [0.1, 0.15) is 29.2 Å². The van der Waals surface area contributed by atoms with E-state index in [0.717, 1.165) is 5.69 Å². The van der Waals surface area contributed by atoms with Crippen molar-refractivity contribution in [2.24, 2.45) is 0 Å². The maximum atomic E-state index is 15.0. The normalized spacial score (nSPS) is 15.8. The molecule has 1 fully saturated rings. The quantitative estimate of drug-likeness (QED) is 0.211. The molecule has 11 nitrogen and oxygen atoms in total. The minimum absolute atomic E-state index is 0.0356. The third-order valence-electron chi connectivity index (χ3n) is 6.92. The van der Waals surface area contributed by atoms with Crippen LogP contribution in [0.15, 0.2) is 66.9 Å². The van der Waals surface area contributed by atoms with Gasteiger partial charge in [0.2, 0.25) is 0 Å². The Balaban J connectivity index is 1.30. The van der Waals surface area contributed by atoms with E-state index in [1.165, 1.54) is 16.8 Å². The summed E-state index contributed by atoms with van der Waals surface area (Å²) in [5.74, 6) is -0.516. The Labute approximate surface area is 261 Å². The number of amides is 3. The number of carbonyl (C=O) groups excluding carboxylic acids is 2. The van der Waals surface area contributed by atoms with Gasteiger partial charge in [0.25, 0.3) is 5.91 Å². The summed E-state index contributed by atoms with van der Waals surface area (Å²) in [4.78, 5) is 30.2. The molecule has 3 heterocycles. The van der Waals surface area contributed by atoms with Crippen LogP contribution < -0.4 is 20.7 Å². The van der Waals surface area contributed by atoms with Crippen LogP contribution in [0, 0.1) is 12.7 Å². The molecular formula is C33H37FN6O5. The molecular weight excluding hydrogens is 579 g/mol. The van der Waals surface area contributed by atoms with Crippen molar-refractivity contribution in [2.75, 3.05) is 23.8 Å². The lowest BCUT2D eigenvalue weighted by Gasteiger charge is -2.17. The van der Waals surface area contributed by atoms with E-state index in [4.69, 9.17) is 19.3 Å². The van der Waals surface area contributed by atoms with Crippen LogP contribution >= 0.6 is 0 Å². The molecule has 4 aromatic rings. The number of benzene rings is 2. The van der Waals surface area contributed by atoms with Crippen molar-refractivity contribution in [2.45, 2.75) is 58.8 Å². The molecule has 1 aliphatic rings. The number of urea groups is 1. The number of pyridine rings is 1. The molecule has 0 aliphatic carbocycles. The summed E-state index contributed by atoms with van der Waals surface area (Å²) in [5.41, 5.74) is 2.04. The van der Waals surface area contributed by atoms with Gasteiger partial charge >= 0.3 is 6.03 Å². The van der Waals surface area contributed by atoms with Crippen molar-refractivity contribution in [1.82, 2.24) is 20.1 Å². The first-order chi connectivity index (χ1) is 21.3. The summed E-state index contributed by atoms with van der Waals surface area (Å²) in [6.07, 6.45) is 1.35. The second-order valence-electron chi connectivity index (χ2n) is 12.2. The van der Waals surface area contributed by atoms with Crippen molar-refractivity contribution in [3.63, 3.8) is 0 Å². The zero-order valence-electron chi connectivity index (χ0n) is 26.1. The molecule has 1 atom stereocenters. The SMILES string of the molecule is Cc1cc(Oc2ccc(NC(=O)Nc3cc(C(C)(C)C)nn3-c3cccc(C(=O)NCC4COC(C)(C)O4)c3)c(F)c2)ccn1. The molecule has 5 rings (SSSR count). The Morgan fingerprint density at radius 1 is 1.07 bits per heavy atom. The minimum Gasteiger partial charge on any atom is -0.457 e. The fourth-order valence-electron chi connectivity index (χ4n) is 4.63. The molecule has 3 N–H and O–H groups in total. The number of halogens is 1. The monoisotopic (exact) mass is 616 g/mol. The van der Waals surface area contributed by atoms with Crippen molar-refractivity contribution in [3.05, 3.63) is 89.6 Å². The molecule has 45 heavy (non-hydrogen) atoms. The molecule has 1 saturated heterocycles. The van der Waals surface area contributed by atoms with Crippen LogP contribution in [-0.2, 0) is 14.9 Å². The summed E-state index contributed by atoms with van der Waals surface area (Å²) < 4.78 is 33.5. The van der Waals surface area contributed by atoms with E-state index in [1.807, 2.05) is 41.5 Å². The molecule has 12 heteroatoms. The predicted octanol–water partition coefficient (Wildman–Crippen LogP) is 6.33. The summed E-state index contributed by atoms with van der Waals surface area (Å²) in [6, 6.07) is 15.5. The molecule has 2 aromatic carbocycles. The van der Waals surface area contributed by atoms with Crippen LogP contribution in [0.5, 0.6) is 11.5 Å². The van der Waals surface area contributed by atoms with Gasteiger partial charge in [-0.25, -0.2) is 13.9 Å². The number of aromatic nitrogens is 3. The molecule has 1 aliphatic heterocycles. The lowest BCUT2D eigenvalue weighted by atomic mass is 9.92. The highest BCUT2D eigenvalue weighted by Crippen LogP contribution is 2.29. The average Bonchev–Trinajstić information content (AvgIpc) is 3.56. The summed E-state index contributed by atoms with van der Waals surface area (Å²) in [6.45, 7) is 12.2. The first-order valence-electron chi connectivity index (χ1n) is 14.5. The van der Waals surface area contributed by atoms with E-state index >= 15 is 0 Å². The van der Waals surface area contributed by atoms with Gasteiger partial charge in [-0.15, -0.1) is 0 Å². The largest absolute Gasteiger partial charge is 0.457 e. The Morgan fingerprint density at radius 3 is 2.53 bits per heavy atom. The highest BCUT2D eigenvalue weighted by Gasteiger charge is 2.32. The first kappa shape index (κ1) is 31.6. The summed E-state index contributed by atoms with van der Waals surface area (Å²) in [5, 5.41) is 12.9. The fourth-order valence-corrected chi connectivity index (χ4v) is 4.63. The Kier molecular flexibility index (Phi) is 8.89. The summed E-state index contributed by atoms with van der Waals surface area (Å²) >= 11 is 0. The highest BCUT2D eigenvalue weighted by molar-refractivity contribution is 5.99. The van der Waals surface area contributed by atoms with Gasteiger partial charge in [0.15, 0.2) is 5.79 Å². The zero-order chi connectivity index (χ0) is 32.4. The van der Waals surface area contributed by atoms with Gasteiger partial charge in [-0.2, -0.15) is 5.10 Å². The van der Waals surface area contributed by atoms with Crippen molar-refractivity contribution >= 4 is 23.4 Å². The number of ether oxygens (including phenoxy) is 3. The second-order valence-corrected chi connectivity index (χ2v) is 12.2. The molecule has 0 saturated carbocycles. The van der Waals surface area contributed by atoms with Crippen LogP contribution in [0.4, 0.5) is 20.7 Å². The van der Waals surface area contributed by atoms with Crippen LogP contribution in [0.1, 0.15) is 56.4 Å². The van der Waals surface area contributed by atoms with Gasteiger partial charge in [0, 0.05) is 47.6 Å². The van der Waals surface area contributed by atoms with Gasteiger partial charge < -0.3 is 24.8 Å². The molecule has 2 aromatic heterocycles. The maximum absolute atomic E-state index is 15.0. The van der Waals surface area contributed by atoms with Crippen LogP contribution in [0.25, 0.3) is 5.69 Å². The predicted molar refractivity (Wildman–Crippen MR) is 168 cm³/mol. The third kappa shape index (κ3) is 8.02. The van der Waals surface area contributed by atoms with E-state index in [-0.39, 0.29) is 28.9 Å². The number of anilines is 2. The maximum Gasteiger partial charge on any atom is 0.324 e. The van der Waals surface area contributed by atoms with E-state index in [0.29, 0.717) is 41.7 Å². The Hall–Kier alpha value is -4.81. The van der Waals surface area contributed by atoms with Crippen LogP contribution in [-0.4, -0.2) is 51.7 Å². The van der Waals surface area contributed by atoms with Gasteiger partial charge in [-0.05, 0) is 57.2 Å². The number of hydrogen-bond acceptors (Lipinski definition) is 7. The Bertz CT molecular complexity index is 1710. The van der Waals surface area contributed by atoms with E-state index in [2.05, 4.69) is 20.9 Å². The third-order valence-corrected chi connectivity index (χ3v) is 6.92. The van der Waals surface area contributed by atoms with Crippen LogP contribution in [0.3, 0.4) is 0 Å². The van der Waals surface area contributed by atoms with Gasteiger partial charge in [0.05, 0.1) is 23.7 Å². The van der Waals surface area contributed by atoms with Gasteiger partial charge in [-0.3, -0.25) is 15.1 Å². The molecule has 0 spiro atoms. The Morgan fingerprint density at radius 2 is 1.84 bits per heavy atom. The number of nitrogens with zero attached hydrogens (tertiary/aromatic N) is 3. The number of aryl methyl sites for hydroxylation is 1. The van der Waals surface area contributed by atoms with Crippen molar-refractivity contribution in [1.29, 1.82) is 0 Å². The minimum atomic E-state index is -0.681. The van der Waals surface area contributed by atoms with E-state index in [9.17, 15) is 14.0 Å². The van der Waals surface area contributed by atoms with Crippen molar-refractivity contribution in [3.8, 4) is 17.2 Å². The number of nitrogens with one attached hydrogen (secondary N) is 3. The zero-order valence-corrected chi connectivity index (χ0v) is 26.1. The smallest absolute Gasteiger partial charge is 0.324 e. The standard InChI is InChI=1S/C33H37FN6O5/c1-20-14-24(12-13-35-20)44-23-10-11-27(26(34)16-23)37-31(42)38-29-17-28(32(2,3)4)39-40(29)22-9-7-8-21(15-22)30(41)36-18-25-19-43-33(5,6)45-25/h7-17,25H,18-19H2,1-6H3,(H,36,41)(H2,37,38,42). The first-order valence-corrected chi connectivity index (χ1v) is 14.5. The molecule has 3 amide bonds. The highest BCUT2D eigenvalue weighted by atomic mass is 19.1. The molecule has 1 unspecified atom stereocenters. The van der Waals surface area contributed by atoms with Crippen molar-refractivity contribution < 1.29 is 28.2 Å². The molecule has 236 valence electrons. The second kappa shape index (κ2) is 12.7. The lowest BCUT2D eigenvalue weighted by Crippen LogP contribution is -2.34. The molecule has 0 radical (unpaired) electrons. The number of rotatable bonds is 8. The van der Waals surface area contributed by atoms with Crippen LogP contribution in [0.2, 0.25) is 0 Å². The fraction of sp³-hybridized carbons (Fsp3) is 0.333. The number of hydrogen-bond donors (Lipinski definition) is 3. The molecule has 0 bridgehead atoms.